The van der Waals surface area contributed by atoms with Gasteiger partial charge in [0.2, 0.25) is 11.0 Å². The molecule has 126 valence electrons. The highest BCUT2D eigenvalue weighted by Gasteiger charge is 2.45. The summed E-state index contributed by atoms with van der Waals surface area (Å²) < 4.78 is 5.91. The summed E-state index contributed by atoms with van der Waals surface area (Å²) in [5, 5.41) is 13.0. The molecule has 2 aromatic rings. The smallest absolute Gasteiger partial charge is 0.225 e. The van der Waals surface area contributed by atoms with Crippen molar-refractivity contribution in [1.82, 2.24) is 20.2 Å². The Kier molecular flexibility index (Phi) is 4.11. The third kappa shape index (κ3) is 3.09. The van der Waals surface area contributed by atoms with Gasteiger partial charge in [-0.25, -0.2) is 4.98 Å². The van der Waals surface area contributed by atoms with Crippen molar-refractivity contribution in [2.24, 2.45) is 11.8 Å². The molecule has 24 heavy (non-hydrogen) atoms. The first-order chi connectivity index (χ1) is 11.7. The first kappa shape index (κ1) is 15.4. The van der Waals surface area contributed by atoms with Crippen LogP contribution < -0.4 is 10.2 Å². The van der Waals surface area contributed by atoms with E-state index in [9.17, 15) is 4.79 Å². The normalized spacial score (nSPS) is 25.7. The van der Waals surface area contributed by atoms with Crippen LogP contribution in [0, 0.1) is 18.8 Å². The van der Waals surface area contributed by atoms with E-state index in [2.05, 4.69) is 30.4 Å². The number of nitrogens with one attached hydrogen (secondary N) is 1. The van der Waals surface area contributed by atoms with Crippen LogP contribution in [0.25, 0.3) is 0 Å². The quantitative estimate of drug-likeness (QED) is 0.886. The zero-order valence-corrected chi connectivity index (χ0v) is 14.1. The monoisotopic (exact) mass is 346 g/mol. The van der Waals surface area contributed by atoms with Crippen LogP contribution in [0.5, 0.6) is 0 Å². The Morgan fingerprint density at radius 3 is 3.08 bits per heavy atom. The van der Waals surface area contributed by atoms with Crippen molar-refractivity contribution < 1.29 is 9.53 Å². The summed E-state index contributed by atoms with van der Waals surface area (Å²) in [6.07, 6.45) is 5.28. The van der Waals surface area contributed by atoms with Crippen LogP contribution in [-0.4, -0.2) is 51.9 Å². The van der Waals surface area contributed by atoms with Gasteiger partial charge in [0.1, 0.15) is 5.01 Å². The van der Waals surface area contributed by atoms with E-state index >= 15 is 0 Å². The Bertz CT molecular complexity index is 724. The minimum Gasteiger partial charge on any atom is -0.376 e. The molecule has 9 heteroatoms. The van der Waals surface area contributed by atoms with Gasteiger partial charge >= 0.3 is 0 Å². The molecule has 2 aliphatic rings. The molecule has 0 aliphatic carbocycles. The fraction of sp³-hybridized carbons (Fsp3) is 0.533. The van der Waals surface area contributed by atoms with E-state index in [0.717, 1.165) is 23.2 Å². The Labute approximate surface area is 143 Å². The maximum absolute atomic E-state index is 12.2. The third-order valence-corrected chi connectivity index (χ3v) is 5.40. The molecule has 2 aliphatic heterocycles. The molecule has 2 aromatic heterocycles. The molecular formula is C15H18N6O2S. The van der Waals surface area contributed by atoms with Gasteiger partial charge in [0, 0.05) is 37.8 Å². The summed E-state index contributed by atoms with van der Waals surface area (Å²) in [5.41, 5.74) is 0. The second kappa shape index (κ2) is 6.40. The number of anilines is 2. The van der Waals surface area contributed by atoms with Crippen LogP contribution in [0.3, 0.4) is 0 Å². The number of hydrogen-bond acceptors (Lipinski definition) is 8. The maximum atomic E-state index is 12.2. The predicted molar refractivity (Wildman–Crippen MR) is 88.9 cm³/mol. The zero-order valence-electron chi connectivity index (χ0n) is 13.3. The molecule has 0 bridgehead atoms. The van der Waals surface area contributed by atoms with Gasteiger partial charge in [0.25, 0.3) is 0 Å². The van der Waals surface area contributed by atoms with Crippen molar-refractivity contribution in [3.63, 3.8) is 0 Å². The minimum absolute atomic E-state index is 0.0463. The van der Waals surface area contributed by atoms with Gasteiger partial charge in [-0.1, -0.05) is 11.3 Å². The number of aromatic nitrogens is 4. The summed E-state index contributed by atoms with van der Waals surface area (Å²) in [4.78, 5) is 22.5. The molecule has 0 unspecified atom stereocenters. The van der Waals surface area contributed by atoms with Crippen molar-refractivity contribution >= 4 is 28.2 Å². The molecule has 2 saturated heterocycles. The number of nitrogens with zero attached hydrogens (tertiary/aromatic N) is 5. The molecule has 2 fully saturated rings. The lowest BCUT2D eigenvalue weighted by molar-refractivity contribution is -0.117. The second-order valence-electron chi connectivity index (χ2n) is 6.15. The summed E-state index contributed by atoms with van der Waals surface area (Å²) in [6, 6.07) is 0. The number of rotatable bonds is 4. The minimum atomic E-state index is -0.0463. The SMILES string of the molecule is Cc1nnc(N2C[C@@H]3[C@H](CC(=O)Nc4cnccn4)CO[C@@H]3C2)s1. The molecule has 1 amide bonds. The van der Waals surface area contributed by atoms with Crippen LogP contribution in [0.1, 0.15) is 11.4 Å². The molecule has 0 saturated carbocycles. The fourth-order valence-electron chi connectivity index (χ4n) is 3.37. The van der Waals surface area contributed by atoms with E-state index in [-0.39, 0.29) is 17.9 Å². The van der Waals surface area contributed by atoms with Crippen molar-refractivity contribution in [2.45, 2.75) is 19.4 Å². The summed E-state index contributed by atoms with van der Waals surface area (Å²) >= 11 is 1.59. The highest BCUT2D eigenvalue weighted by Crippen LogP contribution is 2.38. The van der Waals surface area contributed by atoms with Crippen molar-refractivity contribution in [3.8, 4) is 0 Å². The van der Waals surface area contributed by atoms with Gasteiger partial charge < -0.3 is 15.0 Å². The Balaban J connectivity index is 1.36. The van der Waals surface area contributed by atoms with E-state index in [4.69, 9.17) is 4.74 Å². The number of amides is 1. The van der Waals surface area contributed by atoms with E-state index in [1.807, 2.05) is 6.92 Å². The Morgan fingerprint density at radius 2 is 2.33 bits per heavy atom. The molecular weight excluding hydrogens is 328 g/mol. The van der Waals surface area contributed by atoms with Crippen LogP contribution in [-0.2, 0) is 9.53 Å². The summed E-state index contributed by atoms with van der Waals surface area (Å²) in [7, 11) is 0. The number of carbonyl (C=O) groups excluding carboxylic acids is 1. The lowest BCUT2D eigenvalue weighted by Gasteiger charge is -2.18. The van der Waals surface area contributed by atoms with Crippen molar-refractivity contribution in [1.29, 1.82) is 0 Å². The molecule has 3 atom stereocenters. The molecule has 0 spiro atoms. The zero-order chi connectivity index (χ0) is 16.5. The van der Waals surface area contributed by atoms with Crippen LogP contribution in [0.15, 0.2) is 18.6 Å². The standard InChI is InChI=1S/C15H18N6O2S/c1-9-19-20-15(24-9)21-6-11-10(8-23-12(11)7-21)4-14(22)18-13-5-16-2-3-17-13/h2-3,5,10-12H,4,6-8H2,1H3,(H,17,18,22)/t10-,11-,12-/m1/s1. The summed E-state index contributed by atoms with van der Waals surface area (Å²) in [5.74, 6) is 0.998. The lowest BCUT2D eigenvalue weighted by Crippen LogP contribution is -2.26. The average Bonchev–Trinajstić information content (AvgIpc) is 3.25. The van der Waals surface area contributed by atoms with Gasteiger partial charge in [-0.05, 0) is 12.8 Å². The highest BCUT2D eigenvalue weighted by atomic mass is 32.1. The Hall–Kier alpha value is -2.13. The number of fused-ring (bicyclic) bond motifs is 1. The number of aryl methyl sites for hydroxylation is 1. The van der Waals surface area contributed by atoms with Crippen LogP contribution in [0.4, 0.5) is 10.9 Å². The van der Waals surface area contributed by atoms with Crippen LogP contribution >= 0.6 is 11.3 Å². The van der Waals surface area contributed by atoms with Gasteiger partial charge in [0.15, 0.2) is 5.82 Å². The van der Waals surface area contributed by atoms with E-state index in [1.165, 1.54) is 0 Å². The highest BCUT2D eigenvalue weighted by molar-refractivity contribution is 7.15. The average molecular weight is 346 g/mol. The summed E-state index contributed by atoms with van der Waals surface area (Å²) in [6.45, 7) is 4.27. The Morgan fingerprint density at radius 1 is 1.42 bits per heavy atom. The number of carbonyl (C=O) groups is 1. The lowest BCUT2D eigenvalue weighted by atomic mass is 9.90. The van der Waals surface area contributed by atoms with Crippen molar-refractivity contribution in [3.05, 3.63) is 23.6 Å². The molecule has 4 heterocycles. The predicted octanol–water partition coefficient (Wildman–Crippen LogP) is 1.12. The molecule has 8 nitrogen and oxygen atoms in total. The molecule has 1 N–H and O–H groups in total. The first-order valence-electron chi connectivity index (χ1n) is 7.91. The number of hydrogen-bond donors (Lipinski definition) is 1. The first-order valence-corrected chi connectivity index (χ1v) is 8.73. The second-order valence-corrected chi connectivity index (χ2v) is 7.31. The molecule has 0 aromatic carbocycles. The van der Waals surface area contributed by atoms with Gasteiger partial charge in [0.05, 0.1) is 18.9 Å². The van der Waals surface area contributed by atoms with Crippen LogP contribution in [0.2, 0.25) is 0 Å². The maximum Gasteiger partial charge on any atom is 0.225 e. The third-order valence-electron chi connectivity index (χ3n) is 4.50. The van der Waals surface area contributed by atoms with Gasteiger partial charge in [-0.15, -0.1) is 10.2 Å². The number of ether oxygens (including phenoxy) is 1. The van der Waals surface area contributed by atoms with Crippen molar-refractivity contribution in [2.75, 3.05) is 29.9 Å². The van der Waals surface area contributed by atoms with E-state index in [1.54, 1.807) is 29.9 Å². The molecule has 4 rings (SSSR count). The molecule has 0 radical (unpaired) electrons. The van der Waals surface area contributed by atoms with Gasteiger partial charge in [-0.2, -0.15) is 0 Å². The topological polar surface area (TPSA) is 93.1 Å². The largest absolute Gasteiger partial charge is 0.376 e. The van der Waals surface area contributed by atoms with E-state index < -0.39 is 0 Å². The van der Waals surface area contributed by atoms with Gasteiger partial charge in [-0.3, -0.25) is 9.78 Å². The fourth-order valence-corrected chi connectivity index (χ4v) is 4.08. The van der Waals surface area contributed by atoms with E-state index in [0.29, 0.717) is 24.8 Å².